The molecule has 1 unspecified atom stereocenters. The lowest BCUT2D eigenvalue weighted by molar-refractivity contribution is 0.0868. The van der Waals surface area contributed by atoms with Gasteiger partial charge in [-0.3, -0.25) is 0 Å². The number of methoxy groups -OCH3 is 2. The Kier molecular flexibility index (Phi) is 6.50. The number of ether oxygens (including phenoxy) is 3. The van der Waals surface area contributed by atoms with Gasteiger partial charge in [0.05, 0.1) is 20.1 Å². The minimum absolute atomic E-state index is 0.116. The Balaban J connectivity index is 1.55. The van der Waals surface area contributed by atoms with Crippen molar-refractivity contribution < 1.29 is 24.1 Å². The molecule has 1 aliphatic rings. The molecule has 0 fully saturated rings. The zero-order valence-corrected chi connectivity index (χ0v) is 20.1. The molecule has 36 heavy (non-hydrogen) atoms. The van der Waals surface area contributed by atoms with Crippen LogP contribution in [0.25, 0.3) is 11.1 Å². The van der Waals surface area contributed by atoms with Crippen molar-refractivity contribution in [3.8, 4) is 28.4 Å². The van der Waals surface area contributed by atoms with E-state index in [2.05, 4.69) is 29.6 Å². The average molecular weight is 482 g/mol. The molecular weight excluding hydrogens is 454 g/mol. The van der Waals surface area contributed by atoms with Crippen molar-refractivity contribution in [1.29, 1.82) is 0 Å². The van der Waals surface area contributed by atoms with Crippen molar-refractivity contribution in [1.82, 2.24) is 5.32 Å². The molecule has 1 amide bonds. The monoisotopic (exact) mass is 481 g/mol. The Morgan fingerprint density at radius 3 is 2.14 bits per heavy atom. The molecule has 1 aliphatic carbocycles. The normalized spacial score (nSPS) is 12.8. The van der Waals surface area contributed by atoms with Gasteiger partial charge in [0, 0.05) is 23.7 Å². The quantitative estimate of drug-likeness (QED) is 0.329. The fourth-order valence-electron chi connectivity index (χ4n) is 4.87. The molecule has 0 bridgehead atoms. The van der Waals surface area contributed by atoms with Crippen molar-refractivity contribution in [3.05, 3.63) is 113 Å². The van der Waals surface area contributed by atoms with E-state index in [4.69, 9.17) is 14.2 Å². The second kappa shape index (κ2) is 10.0. The van der Waals surface area contributed by atoms with Crippen LogP contribution in [-0.4, -0.2) is 25.4 Å². The van der Waals surface area contributed by atoms with Crippen molar-refractivity contribution in [2.45, 2.75) is 18.6 Å². The summed E-state index contributed by atoms with van der Waals surface area (Å²) in [5, 5.41) is 12.9. The van der Waals surface area contributed by atoms with E-state index in [9.17, 15) is 9.90 Å². The van der Waals surface area contributed by atoms with Crippen LogP contribution in [0.1, 0.15) is 34.3 Å². The van der Waals surface area contributed by atoms with Gasteiger partial charge in [-0.1, -0.05) is 66.7 Å². The minimum atomic E-state index is -0.681. The smallest absolute Gasteiger partial charge is 0.408 e. The van der Waals surface area contributed by atoms with Gasteiger partial charge >= 0.3 is 6.09 Å². The van der Waals surface area contributed by atoms with E-state index in [1.807, 2.05) is 36.4 Å². The van der Waals surface area contributed by atoms with Crippen LogP contribution in [0.5, 0.6) is 17.2 Å². The van der Waals surface area contributed by atoms with Crippen LogP contribution in [0.2, 0.25) is 0 Å². The fraction of sp³-hybridized carbons (Fsp3) is 0.167. The van der Waals surface area contributed by atoms with Crippen LogP contribution in [0.3, 0.4) is 0 Å². The van der Waals surface area contributed by atoms with Crippen LogP contribution in [0, 0.1) is 0 Å². The van der Waals surface area contributed by atoms with Gasteiger partial charge in [0.1, 0.15) is 23.4 Å². The van der Waals surface area contributed by atoms with E-state index in [1.165, 1.54) is 0 Å². The summed E-state index contributed by atoms with van der Waals surface area (Å²) in [5.41, 5.74) is 5.73. The van der Waals surface area contributed by atoms with E-state index in [-0.39, 0.29) is 18.2 Å². The number of alkyl carbamates (subject to hydrolysis) is 1. The van der Waals surface area contributed by atoms with E-state index in [0.29, 0.717) is 17.1 Å². The van der Waals surface area contributed by atoms with Crippen LogP contribution in [-0.2, 0) is 11.3 Å². The molecule has 182 valence electrons. The summed E-state index contributed by atoms with van der Waals surface area (Å²) in [6, 6.07) is 28.7. The number of nitrogens with one attached hydrogen (secondary N) is 1. The molecule has 5 rings (SSSR count). The second-order valence-electron chi connectivity index (χ2n) is 8.57. The summed E-state index contributed by atoms with van der Waals surface area (Å²) < 4.78 is 17.3. The first-order chi connectivity index (χ1) is 17.6. The van der Waals surface area contributed by atoms with Gasteiger partial charge in [0.15, 0.2) is 0 Å². The molecule has 0 aliphatic heterocycles. The SMILES string of the molecule is COc1ccc(C(OC(=O)NCc2ccccc2O)C2c3ccccc3-c3ccccc32)c(OC)c1. The van der Waals surface area contributed by atoms with Crippen molar-refractivity contribution in [2.75, 3.05) is 14.2 Å². The molecule has 0 saturated carbocycles. The predicted octanol–water partition coefficient (Wildman–Crippen LogP) is 6.19. The number of aromatic hydroxyl groups is 1. The Labute approximate surface area is 210 Å². The third-order valence-electron chi connectivity index (χ3n) is 6.58. The van der Waals surface area contributed by atoms with Gasteiger partial charge in [-0.15, -0.1) is 0 Å². The maximum Gasteiger partial charge on any atom is 0.408 e. The number of para-hydroxylation sites is 1. The Morgan fingerprint density at radius 1 is 0.861 bits per heavy atom. The summed E-state index contributed by atoms with van der Waals surface area (Å²) in [5.74, 6) is 1.08. The summed E-state index contributed by atoms with van der Waals surface area (Å²) in [6.07, 6.45) is -1.27. The molecule has 0 spiro atoms. The molecule has 0 heterocycles. The lowest BCUT2D eigenvalue weighted by atomic mass is 9.86. The van der Waals surface area contributed by atoms with Crippen LogP contribution in [0.4, 0.5) is 4.79 Å². The number of fused-ring (bicyclic) bond motifs is 3. The first kappa shape index (κ1) is 23.3. The number of carbonyl (C=O) groups excluding carboxylic acids is 1. The number of carbonyl (C=O) groups is 1. The highest BCUT2D eigenvalue weighted by Gasteiger charge is 2.38. The highest BCUT2D eigenvalue weighted by molar-refractivity contribution is 5.80. The number of benzene rings is 4. The molecule has 0 saturated heterocycles. The lowest BCUT2D eigenvalue weighted by Crippen LogP contribution is -2.28. The van der Waals surface area contributed by atoms with Gasteiger partial charge in [0.2, 0.25) is 0 Å². The van der Waals surface area contributed by atoms with E-state index in [1.54, 1.807) is 44.6 Å². The van der Waals surface area contributed by atoms with Crippen molar-refractivity contribution >= 4 is 6.09 Å². The maximum absolute atomic E-state index is 13.1. The van der Waals surface area contributed by atoms with Crippen LogP contribution >= 0.6 is 0 Å². The zero-order chi connectivity index (χ0) is 25.1. The highest BCUT2D eigenvalue weighted by Crippen LogP contribution is 2.52. The third kappa shape index (κ3) is 4.33. The summed E-state index contributed by atoms with van der Waals surface area (Å²) in [6.45, 7) is 0.135. The second-order valence-corrected chi connectivity index (χ2v) is 8.57. The molecular formula is C30H27NO5. The first-order valence-corrected chi connectivity index (χ1v) is 11.7. The van der Waals surface area contributed by atoms with Crippen LogP contribution in [0.15, 0.2) is 91.0 Å². The first-order valence-electron chi connectivity index (χ1n) is 11.7. The summed E-state index contributed by atoms with van der Waals surface area (Å²) in [7, 11) is 3.18. The van der Waals surface area contributed by atoms with Gasteiger partial charge in [-0.05, 0) is 40.5 Å². The molecule has 0 aromatic heterocycles. The lowest BCUT2D eigenvalue weighted by Gasteiger charge is -2.27. The molecule has 1 atom stereocenters. The number of phenolic OH excluding ortho intramolecular Hbond substituents is 1. The Morgan fingerprint density at radius 2 is 1.50 bits per heavy atom. The fourth-order valence-corrected chi connectivity index (χ4v) is 4.87. The van der Waals surface area contributed by atoms with E-state index >= 15 is 0 Å². The minimum Gasteiger partial charge on any atom is -0.508 e. The summed E-state index contributed by atoms with van der Waals surface area (Å²) in [4.78, 5) is 13.1. The molecule has 2 N–H and O–H groups in total. The molecule has 0 radical (unpaired) electrons. The number of hydrogen-bond donors (Lipinski definition) is 2. The zero-order valence-electron chi connectivity index (χ0n) is 20.1. The molecule has 6 heteroatoms. The summed E-state index contributed by atoms with van der Waals surface area (Å²) >= 11 is 0. The number of rotatable bonds is 7. The van der Waals surface area contributed by atoms with E-state index < -0.39 is 12.2 Å². The standard InChI is InChI=1S/C30H27NO5/c1-34-20-15-16-25(27(17-20)35-2)29(36-30(33)31-18-19-9-3-8-14-26(19)32)28-23-12-6-4-10-21(23)22-11-5-7-13-24(22)28/h3-17,28-29,32H,18H2,1-2H3,(H,31,33). The maximum atomic E-state index is 13.1. The van der Waals surface area contributed by atoms with Gasteiger partial charge in [-0.2, -0.15) is 0 Å². The predicted molar refractivity (Wildman–Crippen MR) is 137 cm³/mol. The van der Waals surface area contributed by atoms with Gasteiger partial charge in [0.25, 0.3) is 0 Å². The Hall–Kier alpha value is -4.45. The van der Waals surface area contributed by atoms with E-state index in [0.717, 1.165) is 27.8 Å². The largest absolute Gasteiger partial charge is 0.508 e. The van der Waals surface area contributed by atoms with Gasteiger partial charge in [-0.25, -0.2) is 4.79 Å². The Bertz CT molecular complexity index is 1350. The third-order valence-corrected chi connectivity index (χ3v) is 6.58. The van der Waals surface area contributed by atoms with Crippen molar-refractivity contribution in [2.24, 2.45) is 0 Å². The number of hydrogen-bond acceptors (Lipinski definition) is 5. The average Bonchev–Trinajstić information content (AvgIpc) is 3.25. The van der Waals surface area contributed by atoms with Gasteiger partial charge < -0.3 is 24.6 Å². The molecule has 4 aromatic rings. The molecule has 4 aromatic carbocycles. The van der Waals surface area contributed by atoms with Crippen molar-refractivity contribution in [3.63, 3.8) is 0 Å². The molecule has 6 nitrogen and oxygen atoms in total. The topological polar surface area (TPSA) is 77.0 Å². The highest BCUT2D eigenvalue weighted by atomic mass is 16.6. The number of amides is 1. The number of phenols is 1. The van der Waals surface area contributed by atoms with Crippen LogP contribution < -0.4 is 14.8 Å².